The molecule has 96 valence electrons. The van der Waals surface area contributed by atoms with Crippen LogP contribution in [-0.2, 0) is 6.54 Å². The quantitative estimate of drug-likeness (QED) is 0.849. The van der Waals surface area contributed by atoms with E-state index in [0.29, 0.717) is 0 Å². The first-order valence-corrected chi connectivity index (χ1v) is 7.40. The zero-order valence-corrected chi connectivity index (χ0v) is 12.3. The van der Waals surface area contributed by atoms with Gasteiger partial charge < -0.3 is 5.32 Å². The van der Waals surface area contributed by atoms with Crippen LogP contribution in [0.15, 0.2) is 35.4 Å². The molecule has 0 radical (unpaired) electrons. The highest BCUT2D eigenvalue weighted by Gasteiger charge is 2.11. The van der Waals surface area contributed by atoms with Crippen molar-refractivity contribution in [3.05, 3.63) is 35.9 Å². The van der Waals surface area contributed by atoms with Gasteiger partial charge in [-0.3, -0.25) is 0 Å². The molecule has 2 nitrogen and oxygen atoms in total. The van der Waals surface area contributed by atoms with Crippen LogP contribution in [-0.4, -0.2) is 16.8 Å². The van der Waals surface area contributed by atoms with Gasteiger partial charge in [-0.15, -0.1) is 11.8 Å². The summed E-state index contributed by atoms with van der Waals surface area (Å²) in [5.74, 6) is 0. The second-order valence-corrected chi connectivity index (χ2v) is 6.25. The van der Waals surface area contributed by atoms with E-state index in [1.54, 1.807) is 11.8 Å². The molecule has 1 N–H and O–H groups in total. The molecule has 3 heteroatoms. The van der Waals surface area contributed by atoms with Crippen LogP contribution in [0.4, 0.5) is 0 Å². The molecule has 0 atom stereocenters. The van der Waals surface area contributed by atoms with Crippen LogP contribution in [0.1, 0.15) is 26.3 Å². The molecule has 1 heterocycles. The van der Waals surface area contributed by atoms with E-state index in [4.69, 9.17) is 4.98 Å². The van der Waals surface area contributed by atoms with Crippen LogP contribution in [0.25, 0.3) is 10.9 Å². The largest absolute Gasteiger partial charge is 0.308 e. The Morgan fingerprint density at radius 2 is 1.94 bits per heavy atom. The molecule has 2 rings (SSSR count). The van der Waals surface area contributed by atoms with Crippen LogP contribution in [0.5, 0.6) is 0 Å². The third kappa shape index (κ3) is 3.24. The zero-order chi connectivity index (χ0) is 13.2. The van der Waals surface area contributed by atoms with E-state index in [0.717, 1.165) is 17.1 Å². The lowest BCUT2D eigenvalue weighted by atomic mass is 10.1. The number of thioether (sulfide) groups is 1. The van der Waals surface area contributed by atoms with Gasteiger partial charge in [-0.1, -0.05) is 18.2 Å². The van der Waals surface area contributed by atoms with E-state index in [-0.39, 0.29) is 5.54 Å². The summed E-state index contributed by atoms with van der Waals surface area (Å²) in [5.41, 5.74) is 2.47. The fourth-order valence-electron chi connectivity index (χ4n) is 1.81. The molecule has 0 unspecified atom stereocenters. The Kier molecular flexibility index (Phi) is 3.93. The minimum atomic E-state index is 0.126. The summed E-state index contributed by atoms with van der Waals surface area (Å²) in [7, 11) is 0. The van der Waals surface area contributed by atoms with E-state index in [9.17, 15) is 0 Å². The van der Waals surface area contributed by atoms with Gasteiger partial charge in [-0.25, -0.2) is 4.98 Å². The van der Waals surface area contributed by atoms with Crippen molar-refractivity contribution in [2.75, 3.05) is 6.26 Å². The number of rotatable bonds is 3. The molecule has 18 heavy (non-hydrogen) atoms. The van der Waals surface area contributed by atoms with Gasteiger partial charge in [0.15, 0.2) is 0 Å². The summed E-state index contributed by atoms with van der Waals surface area (Å²) in [5, 5.41) is 5.85. The topological polar surface area (TPSA) is 24.9 Å². The van der Waals surface area contributed by atoms with Crippen molar-refractivity contribution in [3.8, 4) is 0 Å². The van der Waals surface area contributed by atoms with Gasteiger partial charge in [0.2, 0.25) is 0 Å². The van der Waals surface area contributed by atoms with Crippen LogP contribution < -0.4 is 5.32 Å². The maximum atomic E-state index is 4.72. The number of nitrogens with one attached hydrogen (secondary N) is 1. The van der Waals surface area contributed by atoms with E-state index >= 15 is 0 Å². The predicted octanol–water partition coefficient (Wildman–Crippen LogP) is 3.84. The normalized spacial score (nSPS) is 12.0. The summed E-state index contributed by atoms with van der Waals surface area (Å²) in [6.45, 7) is 7.40. The summed E-state index contributed by atoms with van der Waals surface area (Å²) in [6.07, 6.45) is 2.08. The van der Waals surface area contributed by atoms with Crippen LogP contribution in [0.2, 0.25) is 0 Å². The molecular weight excluding hydrogens is 240 g/mol. The Hall–Kier alpha value is -1.06. The minimum Gasteiger partial charge on any atom is -0.308 e. The molecule has 0 aliphatic carbocycles. The van der Waals surface area contributed by atoms with Gasteiger partial charge >= 0.3 is 0 Å². The molecule has 0 saturated carbocycles. The van der Waals surface area contributed by atoms with Crippen molar-refractivity contribution in [2.24, 2.45) is 0 Å². The average molecular weight is 260 g/mol. The number of benzene rings is 1. The van der Waals surface area contributed by atoms with E-state index in [1.807, 2.05) is 6.07 Å². The number of aromatic nitrogens is 1. The molecule has 0 spiro atoms. The lowest BCUT2D eigenvalue weighted by Gasteiger charge is -2.21. The number of pyridine rings is 1. The molecule has 1 aromatic heterocycles. The molecule has 0 aliphatic rings. The molecule has 2 aromatic rings. The number of hydrogen-bond acceptors (Lipinski definition) is 3. The molecule has 1 aromatic carbocycles. The highest BCUT2D eigenvalue weighted by molar-refractivity contribution is 7.98. The van der Waals surface area contributed by atoms with E-state index in [1.165, 1.54) is 10.9 Å². The lowest BCUT2D eigenvalue weighted by molar-refractivity contribution is 0.422. The number of nitrogens with zero attached hydrogens (tertiary/aromatic N) is 1. The van der Waals surface area contributed by atoms with Crippen LogP contribution in [0.3, 0.4) is 0 Å². The van der Waals surface area contributed by atoms with Crippen molar-refractivity contribution in [3.63, 3.8) is 0 Å². The van der Waals surface area contributed by atoms with Gasteiger partial charge in [0.05, 0.1) is 5.52 Å². The van der Waals surface area contributed by atoms with E-state index in [2.05, 4.69) is 56.6 Å². The Balaban J connectivity index is 2.36. The highest BCUT2D eigenvalue weighted by atomic mass is 32.2. The van der Waals surface area contributed by atoms with Gasteiger partial charge in [0, 0.05) is 17.5 Å². The smallest absolute Gasteiger partial charge is 0.101 e. The standard InChI is InChI=1S/C15H20N2S/c1-15(2,3)16-10-12-9-11-7-5-6-8-13(11)17-14(12)18-4/h5-9,16H,10H2,1-4H3. The summed E-state index contributed by atoms with van der Waals surface area (Å²) >= 11 is 1.71. The minimum absolute atomic E-state index is 0.126. The fraction of sp³-hybridized carbons (Fsp3) is 0.400. The first-order valence-electron chi connectivity index (χ1n) is 6.17. The average Bonchev–Trinajstić information content (AvgIpc) is 2.34. The Labute approximate surface area is 113 Å². The first-order chi connectivity index (χ1) is 8.49. The maximum Gasteiger partial charge on any atom is 0.101 e. The van der Waals surface area contributed by atoms with Crippen LogP contribution >= 0.6 is 11.8 Å². The van der Waals surface area contributed by atoms with Crippen molar-refractivity contribution >= 4 is 22.7 Å². The van der Waals surface area contributed by atoms with Crippen molar-refractivity contribution < 1.29 is 0 Å². The highest BCUT2D eigenvalue weighted by Crippen LogP contribution is 2.23. The lowest BCUT2D eigenvalue weighted by Crippen LogP contribution is -2.35. The monoisotopic (exact) mass is 260 g/mol. The number of fused-ring (bicyclic) bond motifs is 1. The summed E-state index contributed by atoms with van der Waals surface area (Å²) in [6, 6.07) is 10.5. The maximum absolute atomic E-state index is 4.72. The van der Waals surface area contributed by atoms with Crippen molar-refractivity contribution in [1.29, 1.82) is 0 Å². The summed E-state index contributed by atoms with van der Waals surface area (Å²) < 4.78 is 0. The van der Waals surface area contributed by atoms with Gasteiger partial charge in [-0.05, 0) is 44.7 Å². The third-order valence-electron chi connectivity index (χ3n) is 2.77. The molecule has 0 saturated heterocycles. The molecule has 0 fully saturated rings. The van der Waals surface area contributed by atoms with Gasteiger partial charge in [0.1, 0.15) is 5.03 Å². The second-order valence-electron chi connectivity index (χ2n) is 5.45. The third-order valence-corrected chi connectivity index (χ3v) is 3.51. The van der Waals surface area contributed by atoms with Gasteiger partial charge in [0.25, 0.3) is 0 Å². The predicted molar refractivity (Wildman–Crippen MR) is 80.1 cm³/mol. The van der Waals surface area contributed by atoms with Crippen LogP contribution in [0, 0.1) is 0 Å². The van der Waals surface area contributed by atoms with Crippen molar-refractivity contribution in [2.45, 2.75) is 37.9 Å². The van der Waals surface area contributed by atoms with Crippen molar-refractivity contribution in [1.82, 2.24) is 10.3 Å². The molecule has 0 amide bonds. The first kappa shape index (κ1) is 13.4. The molecule has 0 bridgehead atoms. The summed E-state index contributed by atoms with van der Waals surface area (Å²) in [4.78, 5) is 4.72. The Morgan fingerprint density at radius 1 is 1.22 bits per heavy atom. The SMILES string of the molecule is CSc1nc2ccccc2cc1CNC(C)(C)C. The Bertz CT molecular complexity index is 544. The van der Waals surface area contributed by atoms with Gasteiger partial charge in [-0.2, -0.15) is 0 Å². The van der Waals surface area contributed by atoms with E-state index < -0.39 is 0 Å². The zero-order valence-electron chi connectivity index (χ0n) is 11.4. The molecular formula is C15H20N2S. The Morgan fingerprint density at radius 3 is 2.61 bits per heavy atom. The molecule has 0 aliphatic heterocycles. The number of para-hydroxylation sites is 1. The fourth-order valence-corrected chi connectivity index (χ4v) is 2.39. The number of hydrogen-bond donors (Lipinski definition) is 1. The second kappa shape index (κ2) is 5.29.